The molecule has 2 atom stereocenters. The number of ether oxygens (including phenoxy) is 1. The Kier molecular flexibility index (Phi) is 3.48. The van der Waals surface area contributed by atoms with Crippen LogP contribution in [0.4, 0.5) is 5.95 Å². The minimum absolute atomic E-state index is 0.0536. The minimum atomic E-state index is -0.398. The van der Waals surface area contributed by atoms with Gasteiger partial charge in [-0.2, -0.15) is 4.98 Å². The van der Waals surface area contributed by atoms with Gasteiger partial charge in [0.1, 0.15) is 5.52 Å². The first-order valence-corrected chi connectivity index (χ1v) is 7.07. The first-order chi connectivity index (χ1) is 9.70. The molecule has 0 bridgehead atoms. The van der Waals surface area contributed by atoms with Gasteiger partial charge >= 0.3 is 0 Å². The van der Waals surface area contributed by atoms with Crippen LogP contribution in [0.3, 0.4) is 0 Å². The Morgan fingerprint density at radius 2 is 2.05 bits per heavy atom. The predicted molar refractivity (Wildman–Crippen MR) is 76.6 cm³/mol. The second-order valence-electron chi connectivity index (χ2n) is 5.31. The van der Waals surface area contributed by atoms with Crippen LogP contribution < -0.4 is 10.5 Å². The summed E-state index contributed by atoms with van der Waals surface area (Å²) in [5, 5.41) is 10.4. The first kappa shape index (κ1) is 13.2. The van der Waals surface area contributed by atoms with Gasteiger partial charge in [0, 0.05) is 6.07 Å². The lowest BCUT2D eigenvalue weighted by Gasteiger charge is -2.23. The average molecular weight is 276 g/mol. The van der Waals surface area contributed by atoms with Crippen molar-refractivity contribution in [3.05, 3.63) is 12.1 Å². The Morgan fingerprint density at radius 1 is 1.25 bits per heavy atom. The molecule has 3 N–H and O–H groups in total. The van der Waals surface area contributed by atoms with Gasteiger partial charge in [0.15, 0.2) is 5.65 Å². The van der Waals surface area contributed by atoms with E-state index < -0.39 is 6.10 Å². The maximum Gasteiger partial charge on any atom is 0.215 e. The van der Waals surface area contributed by atoms with Gasteiger partial charge in [0.05, 0.1) is 19.3 Å². The highest BCUT2D eigenvalue weighted by molar-refractivity contribution is 5.75. The highest BCUT2D eigenvalue weighted by atomic mass is 16.5. The number of nitrogens with zero attached hydrogens (tertiary/aromatic N) is 3. The van der Waals surface area contributed by atoms with Crippen molar-refractivity contribution >= 4 is 17.1 Å². The van der Waals surface area contributed by atoms with Gasteiger partial charge in [-0.15, -0.1) is 0 Å². The number of nitrogen functional groups attached to an aromatic ring is 1. The molecule has 0 saturated heterocycles. The molecule has 20 heavy (non-hydrogen) atoms. The Balaban J connectivity index is 2.10. The number of rotatable bonds is 2. The fourth-order valence-electron chi connectivity index (χ4n) is 2.98. The predicted octanol–water partition coefficient (Wildman–Crippen LogP) is 1.89. The van der Waals surface area contributed by atoms with Crippen LogP contribution in [0.15, 0.2) is 12.1 Å². The quantitative estimate of drug-likeness (QED) is 0.818. The van der Waals surface area contributed by atoms with Gasteiger partial charge in [-0.1, -0.05) is 19.3 Å². The topological polar surface area (TPSA) is 86.2 Å². The molecular formula is C14H20N4O2. The van der Waals surface area contributed by atoms with E-state index in [9.17, 15) is 5.11 Å². The SMILES string of the molecule is COc1ccc2nc(N)n(C3CCCCCC3O)c2n1. The monoisotopic (exact) mass is 276 g/mol. The van der Waals surface area contributed by atoms with Crippen molar-refractivity contribution in [3.63, 3.8) is 0 Å². The Labute approximate surface area is 117 Å². The molecule has 1 fully saturated rings. The Bertz CT molecular complexity index is 610. The zero-order chi connectivity index (χ0) is 14.1. The third kappa shape index (κ3) is 2.20. The third-order valence-electron chi connectivity index (χ3n) is 4.02. The summed E-state index contributed by atoms with van der Waals surface area (Å²) in [6.07, 6.45) is 4.59. The summed E-state index contributed by atoms with van der Waals surface area (Å²) in [5.41, 5.74) is 7.47. The van der Waals surface area contributed by atoms with Crippen molar-refractivity contribution in [2.24, 2.45) is 0 Å². The standard InChI is InChI=1S/C14H20N4O2/c1-20-12-8-7-9-13(17-12)18(14(15)16-9)10-5-3-2-4-6-11(10)19/h7-8,10-11,19H,2-6H2,1H3,(H2,15,16). The molecular weight excluding hydrogens is 256 g/mol. The molecule has 2 aromatic heterocycles. The Morgan fingerprint density at radius 3 is 2.85 bits per heavy atom. The van der Waals surface area contributed by atoms with E-state index in [1.54, 1.807) is 13.2 Å². The van der Waals surface area contributed by atoms with E-state index in [1.807, 2.05) is 10.6 Å². The second kappa shape index (κ2) is 5.28. The van der Waals surface area contributed by atoms with Gasteiger partial charge in [0.25, 0.3) is 0 Å². The molecule has 1 aliphatic rings. The minimum Gasteiger partial charge on any atom is -0.481 e. The average Bonchev–Trinajstić information content (AvgIpc) is 2.62. The number of hydrogen-bond donors (Lipinski definition) is 2. The number of aliphatic hydroxyl groups is 1. The van der Waals surface area contributed by atoms with E-state index in [0.29, 0.717) is 17.5 Å². The van der Waals surface area contributed by atoms with Crippen molar-refractivity contribution in [2.45, 2.75) is 44.2 Å². The zero-order valence-electron chi connectivity index (χ0n) is 11.6. The molecule has 0 spiro atoms. The highest BCUT2D eigenvalue weighted by Gasteiger charge is 2.27. The molecule has 0 aromatic carbocycles. The number of nitrogens with two attached hydrogens (primary N) is 1. The summed E-state index contributed by atoms with van der Waals surface area (Å²) >= 11 is 0. The first-order valence-electron chi connectivity index (χ1n) is 7.07. The molecule has 108 valence electrons. The van der Waals surface area contributed by atoms with Crippen LogP contribution in [0, 0.1) is 0 Å². The number of fused-ring (bicyclic) bond motifs is 1. The third-order valence-corrected chi connectivity index (χ3v) is 4.02. The van der Waals surface area contributed by atoms with Gasteiger partial charge in [-0.3, -0.25) is 4.57 Å². The van der Waals surface area contributed by atoms with Crippen molar-refractivity contribution in [2.75, 3.05) is 12.8 Å². The molecule has 2 aromatic rings. The van der Waals surface area contributed by atoms with E-state index in [1.165, 1.54) is 0 Å². The van der Waals surface area contributed by atoms with E-state index >= 15 is 0 Å². The summed E-state index contributed by atoms with van der Waals surface area (Å²) in [4.78, 5) is 8.78. The van der Waals surface area contributed by atoms with Crippen LogP contribution in [0.1, 0.15) is 38.1 Å². The van der Waals surface area contributed by atoms with Gasteiger partial charge in [-0.25, -0.2) is 4.98 Å². The molecule has 6 nitrogen and oxygen atoms in total. The number of aromatic nitrogens is 3. The van der Waals surface area contributed by atoms with Gasteiger partial charge in [-0.05, 0) is 18.9 Å². The normalized spacial score (nSPS) is 23.7. The smallest absolute Gasteiger partial charge is 0.215 e. The van der Waals surface area contributed by atoms with Crippen LogP contribution in [-0.2, 0) is 0 Å². The van der Waals surface area contributed by atoms with E-state index in [2.05, 4.69) is 9.97 Å². The van der Waals surface area contributed by atoms with Crippen LogP contribution in [-0.4, -0.2) is 32.9 Å². The zero-order valence-corrected chi connectivity index (χ0v) is 11.6. The van der Waals surface area contributed by atoms with Crippen molar-refractivity contribution in [1.82, 2.24) is 14.5 Å². The second-order valence-corrected chi connectivity index (χ2v) is 5.31. The van der Waals surface area contributed by atoms with E-state index in [-0.39, 0.29) is 6.04 Å². The highest BCUT2D eigenvalue weighted by Crippen LogP contribution is 2.32. The van der Waals surface area contributed by atoms with Gasteiger partial charge < -0.3 is 15.6 Å². The van der Waals surface area contributed by atoms with Crippen molar-refractivity contribution in [3.8, 4) is 5.88 Å². The summed E-state index contributed by atoms with van der Waals surface area (Å²) in [6, 6.07) is 3.56. The maximum atomic E-state index is 10.4. The number of methoxy groups -OCH3 is 1. The molecule has 6 heteroatoms. The molecule has 1 saturated carbocycles. The summed E-state index contributed by atoms with van der Waals surface area (Å²) in [7, 11) is 1.58. The lowest BCUT2D eigenvalue weighted by Crippen LogP contribution is -2.24. The number of pyridine rings is 1. The lowest BCUT2D eigenvalue weighted by atomic mass is 10.1. The number of imidazole rings is 1. The van der Waals surface area contributed by atoms with Crippen LogP contribution >= 0.6 is 0 Å². The largest absolute Gasteiger partial charge is 0.481 e. The van der Waals surface area contributed by atoms with Crippen molar-refractivity contribution < 1.29 is 9.84 Å². The Hall–Kier alpha value is -1.82. The van der Waals surface area contributed by atoms with E-state index in [4.69, 9.17) is 10.5 Å². The van der Waals surface area contributed by atoms with Gasteiger partial charge in [0.2, 0.25) is 11.8 Å². The molecule has 3 rings (SSSR count). The van der Waals surface area contributed by atoms with Crippen LogP contribution in [0.25, 0.3) is 11.2 Å². The number of anilines is 1. The molecule has 0 amide bonds. The van der Waals surface area contributed by atoms with Crippen LogP contribution in [0.2, 0.25) is 0 Å². The molecule has 2 heterocycles. The van der Waals surface area contributed by atoms with E-state index in [0.717, 1.165) is 37.6 Å². The fraction of sp³-hybridized carbons (Fsp3) is 0.571. The van der Waals surface area contributed by atoms with Crippen molar-refractivity contribution in [1.29, 1.82) is 0 Å². The molecule has 0 radical (unpaired) electrons. The number of aliphatic hydroxyl groups excluding tert-OH is 1. The number of hydrogen-bond acceptors (Lipinski definition) is 5. The molecule has 2 unspecified atom stereocenters. The molecule has 0 aliphatic heterocycles. The summed E-state index contributed by atoms with van der Waals surface area (Å²) in [6.45, 7) is 0. The summed E-state index contributed by atoms with van der Waals surface area (Å²) in [5.74, 6) is 0.938. The summed E-state index contributed by atoms with van der Waals surface area (Å²) < 4.78 is 7.04. The lowest BCUT2D eigenvalue weighted by molar-refractivity contribution is 0.108. The fourth-order valence-corrected chi connectivity index (χ4v) is 2.98. The molecule has 1 aliphatic carbocycles. The van der Waals surface area contributed by atoms with Crippen LogP contribution in [0.5, 0.6) is 5.88 Å². The maximum absolute atomic E-state index is 10.4.